The first kappa shape index (κ1) is 18.4. The number of nitrogens with zero attached hydrogens (tertiary/aromatic N) is 3. The predicted octanol–water partition coefficient (Wildman–Crippen LogP) is 3.90. The molecule has 1 saturated carbocycles. The summed E-state index contributed by atoms with van der Waals surface area (Å²) in [7, 11) is 0. The van der Waals surface area contributed by atoms with Crippen LogP contribution in [0.2, 0.25) is 0 Å². The van der Waals surface area contributed by atoms with Crippen molar-refractivity contribution < 1.29 is 8.78 Å². The van der Waals surface area contributed by atoms with Crippen molar-refractivity contribution in [2.75, 3.05) is 10.6 Å². The van der Waals surface area contributed by atoms with Crippen LogP contribution in [-0.2, 0) is 6.54 Å². The molecular weight excluding hydrogens is 362 g/mol. The summed E-state index contributed by atoms with van der Waals surface area (Å²) < 4.78 is 27.4. The van der Waals surface area contributed by atoms with Crippen molar-refractivity contribution in [2.24, 2.45) is 5.73 Å². The Morgan fingerprint density at radius 2 is 1.93 bits per heavy atom. The number of aromatic amines is 1. The van der Waals surface area contributed by atoms with E-state index in [1.165, 1.54) is 18.2 Å². The maximum absolute atomic E-state index is 14.0. The third-order valence-electron chi connectivity index (χ3n) is 5.10. The van der Waals surface area contributed by atoms with Gasteiger partial charge in [-0.2, -0.15) is 5.10 Å². The Bertz CT molecular complexity index is 981. The van der Waals surface area contributed by atoms with E-state index in [2.05, 4.69) is 15.2 Å². The van der Waals surface area contributed by atoms with E-state index in [1.807, 2.05) is 17.9 Å². The van der Waals surface area contributed by atoms with Crippen molar-refractivity contribution in [2.45, 2.75) is 38.3 Å². The van der Waals surface area contributed by atoms with E-state index in [0.29, 0.717) is 23.1 Å². The maximum atomic E-state index is 14.0. The zero-order chi connectivity index (χ0) is 19.8. The zero-order valence-corrected chi connectivity index (χ0v) is 15.5. The van der Waals surface area contributed by atoms with Gasteiger partial charge in [-0.15, -0.1) is 0 Å². The Morgan fingerprint density at radius 3 is 2.57 bits per heavy atom. The molecule has 0 saturated heterocycles. The largest absolute Gasteiger partial charge is 0.381 e. The molecule has 0 unspecified atom stereocenters. The van der Waals surface area contributed by atoms with Crippen molar-refractivity contribution >= 4 is 17.5 Å². The Balaban J connectivity index is 1.83. The van der Waals surface area contributed by atoms with Crippen molar-refractivity contribution in [3.8, 4) is 0 Å². The topological polar surface area (TPSA) is 96.8 Å². The number of nitrogens with two attached hydrogens (primary N) is 2. The molecule has 0 bridgehead atoms. The number of anilines is 3. The highest BCUT2D eigenvalue weighted by Gasteiger charge is 2.29. The second-order valence-electron chi connectivity index (χ2n) is 7.10. The molecule has 1 aliphatic carbocycles. The fraction of sp³-hybridized carbons (Fsp3) is 0.300. The highest BCUT2D eigenvalue weighted by atomic mass is 19.1. The van der Waals surface area contributed by atoms with Gasteiger partial charge in [0.15, 0.2) is 17.5 Å². The molecule has 0 radical (unpaired) electrons. The van der Waals surface area contributed by atoms with E-state index in [-0.39, 0.29) is 24.2 Å². The van der Waals surface area contributed by atoms with Gasteiger partial charge in [-0.05, 0) is 43.5 Å². The molecule has 2 aromatic heterocycles. The first-order valence-corrected chi connectivity index (χ1v) is 9.23. The Labute approximate surface area is 161 Å². The van der Waals surface area contributed by atoms with Crippen LogP contribution in [-0.4, -0.2) is 15.2 Å². The van der Waals surface area contributed by atoms with Gasteiger partial charge in [0.2, 0.25) is 0 Å². The lowest BCUT2D eigenvalue weighted by atomic mass is 10.1. The molecule has 1 aliphatic rings. The number of hydrogen-bond donors (Lipinski definition) is 3. The number of hydrogen-bond acceptors (Lipinski definition) is 5. The highest BCUT2D eigenvalue weighted by molar-refractivity contribution is 5.64. The molecule has 0 amide bonds. The van der Waals surface area contributed by atoms with Crippen LogP contribution >= 0.6 is 0 Å². The first-order chi connectivity index (χ1) is 13.5. The molecule has 5 N–H and O–H groups in total. The molecule has 146 valence electrons. The summed E-state index contributed by atoms with van der Waals surface area (Å²) >= 11 is 0. The summed E-state index contributed by atoms with van der Waals surface area (Å²) in [5, 5.41) is 7.54. The van der Waals surface area contributed by atoms with E-state index in [0.717, 1.165) is 24.1 Å². The number of nitrogens with one attached hydrogen (secondary N) is 1. The summed E-state index contributed by atoms with van der Waals surface area (Å²) in [4.78, 5) is 6.13. The number of aromatic nitrogens is 3. The minimum absolute atomic E-state index is 0.0894. The van der Waals surface area contributed by atoms with Gasteiger partial charge in [0.1, 0.15) is 11.6 Å². The first-order valence-electron chi connectivity index (χ1n) is 9.23. The van der Waals surface area contributed by atoms with Crippen LogP contribution in [0.1, 0.15) is 48.5 Å². The summed E-state index contributed by atoms with van der Waals surface area (Å²) in [6.45, 7) is 2.03. The van der Waals surface area contributed by atoms with Crippen molar-refractivity contribution in [3.05, 3.63) is 64.9 Å². The lowest BCUT2D eigenvalue weighted by molar-refractivity contribution is 0.620. The number of H-pyrrole nitrogens is 1. The van der Waals surface area contributed by atoms with E-state index in [9.17, 15) is 8.78 Å². The molecule has 0 aliphatic heterocycles. The molecule has 1 fully saturated rings. The van der Waals surface area contributed by atoms with E-state index in [4.69, 9.17) is 11.5 Å². The quantitative estimate of drug-likeness (QED) is 0.599. The molecular formula is C20H22F2N6. The van der Waals surface area contributed by atoms with Crippen molar-refractivity contribution in [1.82, 2.24) is 15.2 Å². The second-order valence-corrected chi connectivity index (χ2v) is 7.10. The van der Waals surface area contributed by atoms with Crippen LogP contribution < -0.4 is 16.4 Å². The Kier molecular flexibility index (Phi) is 4.72. The average molecular weight is 384 g/mol. The Hall–Kier alpha value is -3.00. The molecule has 0 spiro atoms. The van der Waals surface area contributed by atoms with Gasteiger partial charge >= 0.3 is 0 Å². The van der Waals surface area contributed by atoms with Gasteiger partial charge in [0.05, 0.1) is 6.04 Å². The maximum Gasteiger partial charge on any atom is 0.165 e. The van der Waals surface area contributed by atoms with Gasteiger partial charge in [-0.1, -0.05) is 12.1 Å². The van der Waals surface area contributed by atoms with Gasteiger partial charge in [-0.25, -0.2) is 13.8 Å². The number of benzene rings is 1. The van der Waals surface area contributed by atoms with Crippen LogP contribution in [0.4, 0.5) is 26.2 Å². The minimum Gasteiger partial charge on any atom is -0.381 e. The lowest BCUT2D eigenvalue weighted by Gasteiger charge is -2.30. The third kappa shape index (κ3) is 3.43. The monoisotopic (exact) mass is 384 g/mol. The van der Waals surface area contributed by atoms with Gasteiger partial charge in [0, 0.05) is 29.8 Å². The van der Waals surface area contributed by atoms with E-state index >= 15 is 0 Å². The van der Waals surface area contributed by atoms with Gasteiger partial charge in [0.25, 0.3) is 0 Å². The number of pyridine rings is 1. The van der Waals surface area contributed by atoms with Gasteiger partial charge in [-0.3, -0.25) is 5.10 Å². The minimum atomic E-state index is -0.612. The number of halogens is 2. The summed E-state index contributed by atoms with van der Waals surface area (Å²) in [5.41, 5.74) is 14.0. The highest BCUT2D eigenvalue weighted by Crippen LogP contribution is 2.42. The van der Waals surface area contributed by atoms with Crippen LogP contribution in [0.15, 0.2) is 36.4 Å². The average Bonchev–Trinajstić information content (AvgIpc) is 3.43. The van der Waals surface area contributed by atoms with Crippen LogP contribution in [0.25, 0.3) is 0 Å². The summed E-state index contributed by atoms with van der Waals surface area (Å²) in [5.74, 6) is 0.425. The number of nitrogen functional groups attached to an aromatic ring is 1. The third-order valence-corrected chi connectivity index (χ3v) is 5.10. The molecule has 1 atom stereocenters. The van der Waals surface area contributed by atoms with Gasteiger partial charge < -0.3 is 16.4 Å². The smallest absolute Gasteiger partial charge is 0.165 e. The molecule has 4 rings (SSSR count). The normalized spacial score (nSPS) is 14.9. The molecule has 1 aromatic carbocycles. The Morgan fingerprint density at radius 1 is 1.21 bits per heavy atom. The molecule has 2 heterocycles. The van der Waals surface area contributed by atoms with E-state index < -0.39 is 5.82 Å². The van der Waals surface area contributed by atoms with E-state index in [1.54, 1.807) is 12.1 Å². The van der Waals surface area contributed by atoms with Crippen LogP contribution in [0.3, 0.4) is 0 Å². The van der Waals surface area contributed by atoms with Crippen molar-refractivity contribution in [1.29, 1.82) is 0 Å². The molecule has 8 heteroatoms. The number of rotatable bonds is 6. The fourth-order valence-corrected chi connectivity index (χ4v) is 3.32. The van der Waals surface area contributed by atoms with Crippen LogP contribution in [0.5, 0.6) is 0 Å². The summed E-state index contributed by atoms with van der Waals surface area (Å²) in [6, 6.07) is 9.22. The predicted molar refractivity (Wildman–Crippen MR) is 104 cm³/mol. The molecule has 28 heavy (non-hydrogen) atoms. The summed E-state index contributed by atoms with van der Waals surface area (Å²) in [6.07, 6.45) is 2.26. The fourth-order valence-electron chi connectivity index (χ4n) is 3.32. The van der Waals surface area contributed by atoms with Crippen molar-refractivity contribution in [3.63, 3.8) is 0 Å². The second kappa shape index (κ2) is 7.20. The van der Waals surface area contributed by atoms with Crippen LogP contribution in [0, 0.1) is 11.6 Å². The lowest BCUT2D eigenvalue weighted by Crippen LogP contribution is -2.25. The standard InChI is InChI=1S/C20H22F2N6/c1-11(12-4-6-15(21)7-5-12)28(18-9-17(26-27-18)13-2-3-13)20-14(10-23)8-16(22)19(24)25-20/h4-9,11,13H,2-3,10,23H2,1H3,(H2,24,25)(H,26,27)/t11-/m0/s1. The SMILES string of the molecule is C[C@@H](c1ccc(F)cc1)N(c1cc(C2CC2)[nH]n1)c1nc(N)c(F)cc1CN. The molecule has 3 aromatic rings. The molecule has 6 nitrogen and oxygen atoms in total. The zero-order valence-electron chi connectivity index (χ0n) is 15.5.